The molecule has 1 atom stereocenters. The van der Waals surface area contributed by atoms with E-state index in [0.29, 0.717) is 5.69 Å². The van der Waals surface area contributed by atoms with Crippen LogP contribution in [0.2, 0.25) is 0 Å². The van der Waals surface area contributed by atoms with E-state index in [1.165, 1.54) is 44.3 Å². The van der Waals surface area contributed by atoms with E-state index in [9.17, 15) is 13.8 Å². The summed E-state index contributed by atoms with van der Waals surface area (Å²) in [4.78, 5) is 23.6. The van der Waals surface area contributed by atoms with Crippen LogP contribution in [0.4, 0.5) is 5.69 Å². The third-order valence-electron chi connectivity index (χ3n) is 2.56. The lowest BCUT2D eigenvalue weighted by atomic mass is 10.2. The minimum Gasteiger partial charge on any atom is -0.419 e. The minimum absolute atomic E-state index is 0.242. The Hall–Kier alpha value is -2.19. The highest BCUT2D eigenvalue weighted by Gasteiger charge is 2.38. The molecule has 0 aliphatic carbocycles. The molecule has 0 amide bonds. The quantitative estimate of drug-likeness (QED) is 0.376. The average Bonchev–Trinajstić information content (AvgIpc) is 2.36. The molecule has 1 aliphatic rings. The summed E-state index contributed by atoms with van der Waals surface area (Å²) >= 11 is -2.06. The fourth-order valence-corrected chi connectivity index (χ4v) is 1.97. The monoisotopic (exact) mass is 311 g/mol. The molecule has 0 saturated carbocycles. The van der Waals surface area contributed by atoms with Crippen molar-refractivity contribution >= 4 is 28.7 Å². The molecular formula is C13H13NO6S. The van der Waals surface area contributed by atoms with Crippen molar-refractivity contribution < 1.29 is 27.8 Å². The molecule has 112 valence electrons. The molecule has 2 rings (SSSR count). The number of nitrogens with one attached hydrogen (secondary N) is 1. The second-order valence-corrected chi connectivity index (χ2v) is 5.62. The number of rotatable bonds is 3. The molecule has 0 radical (unpaired) electrons. The standard InChI is InChI=1S/C13H13NO6S/c1-13(2)19-11(15)10(12(16)20-13)7-14-8-3-5-9(6-4-8)21(17)18/h3-7,14H,1-2H3,(H,17,18). The van der Waals surface area contributed by atoms with Crippen LogP contribution in [0.3, 0.4) is 0 Å². The summed E-state index contributed by atoms with van der Waals surface area (Å²) in [6.07, 6.45) is 1.17. The van der Waals surface area contributed by atoms with Crippen LogP contribution in [0.25, 0.3) is 0 Å². The van der Waals surface area contributed by atoms with Crippen LogP contribution in [0.5, 0.6) is 0 Å². The number of anilines is 1. The molecule has 1 fully saturated rings. The predicted octanol–water partition coefficient (Wildman–Crippen LogP) is 1.40. The van der Waals surface area contributed by atoms with E-state index < -0.39 is 28.8 Å². The Morgan fingerprint density at radius 2 is 1.67 bits per heavy atom. The lowest BCUT2D eigenvalue weighted by Crippen LogP contribution is -2.42. The van der Waals surface area contributed by atoms with Gasteiger partial charge in [-0.1, -0.05) is 0 Å². The number of carbonyl (C=O) groups excluding carboxylic acids is 2. The zero-order valence-electron chi connectivity index (χ0n) is 11.3. The number of hydrogen-bond donors (Lipinski definition) is 2. The molecule has 21 heavy (non-hydrogen) atoms. The Bertz CT molecular complexity index is 613. The van der Waals surface area contributed by atoms with E-state index >= 15 is 0 Å². The normalized spacial score (nSPS) is 18.5. The molecule has 1 unspecified atom stereocenters. The van der Waals surface area contributed by atoms with Gasteiger partial charge in [0.2, 0.25) is 0 Å². The molecule has 1 aliphatic heterocycles. The second-order valence-electron chi connectivity index (χ2n) is 4.65. The lowest BCUT2D eigenvalue weighted by Gasteiger charge is -2.29. The third-order valence-corrected chi connectivity index (χ3v) is 3.23. The van der Waals surface area contributed by atoms with E-state index in [4.69, 9.17) is 14.0 Å². The molecule has 0 spiro atoms. The largest absolute Gasteiger partial charge is 0.419 e. The van der Waals surface area contributed by atoms with Crippen molar-refractivity contribution in [2.24, 2.45) is 0 Å². The highest BCUT2D eigenvalue weighted by Crippen LogP contribution is 2.22. The van der Waals surface area contributed by atoms with Gasteiger partial charge in [0.25, 0.3) is 5.79 Å². The van der Waals surface area contributed by atoms with Crippen molar-refractivity contribution in [2.75, 3.05) is 5.32 Å². The van der Waals surface area contributed by atoms with Crippen LogP contribution >= 0.6 is 0 Å². The molecule has 2 N–H and O–H groups in total. The van der Waals surface area contributed by atoms with Gasteiger partial charge in [0.1, 0.15) is 0 Å². The average molecular weight is 311 g/mol. The van der Waals surface area contributed by atoms with Crippen molar-refractivity contribution in [3.05, 3.63) is 36.0 Å². The van der Waals surface area contributed by atoms with Crippen molar-refractivity contribution in [3.63, 3.8) is 0 Å². The first-order valence-corrected chi connectivity index (χ1v) is 7.03. The Morgan fingerprint density at radius 3 is 2.14 bits per heavy atom. The topological polar surface area (TPSA) is 102 Å². The van der Waals surface area contributed by atoms with Gasteiger partial charge in [0.05, 0.1) is 4.90 Å². The van der Waals surface area contributed by atoms with Crippen LogP contribution in [0.1, 0.15) is 13.8 Å². The first-order chi connectivity index (χ1) is 9.78. The van der Waals surface area contributed by atoms with Gasteiger partial charge < -0.3 is 19.3 Å². The van der Waals surface area contributed by atoms with E-state index in [2.05, 4.69) is 5.32 Å². The third kappa shape index (κ3) is 3.67. The number of ether oxygens (including phenoxy) is 2. The number of hydrogen-bond acceptors (Lipinski definition) is 6. The smallest absolute Gasteiger partial charge is 0.350 e. The van der Waals surface area contributed by atoms with Crippen LogP contribution in [0.15, 0.2) is 40.9 Å². The van der Waals surface area contributed by atoms with Gasteiger partial charge in [0, 0.05) is 25.7 Å². The van der Waals surface area contributed by atoms with Crippen molar-refractivity contribution in [2.45, 2.75) is 24.5 Å². The molecule has 1 heterocycles. The maximum Gasteiger partial charge on any atom is 0.350 e. The van der Waals surface area contributed by atoms with E-state index in [1.807, 2.05) is 0 Å². The summed E-state index contributed by atoms with van der Waals surface area (Å²) in [5.41, 5.74) is 0.270. The fourth-order valence-electron chi connectivity index (χ4n) is 1.60. The zero-order valence-corrected chi connectivity index (χ0v) is 12.1. The van der Waals surface area contributed by atoms with Gasteiger partial charge in [-0.15, -0.1) is 0 Å². The Kier molecular flexibility index (Phi) is 4.10. The van der Waals surface area contributed by atoms with Crippen molar-refractivity contribution in [1.29, 1.82) is 0 Å². The summed E-state index contributed by atoms with van der Waals surface area (Å²) in [7, 11) is 0. The van der Waals surface area contributed by atoms with E-state index in [0.717, 1.165) is 0 Å². The fraction of sp³-hybridized carbons (Fsp3) is 0.231. The Labute approximate surface area is 123 Å². The summed E-state index contributed by atoms with van der Waals surface area (Å²) < 4.78 is 29.6. The number of cyclic esters (lactones) is 2. The van der Waals surface area contributed by atoms with Gasteiger partial charge in [0.15, 0.2) is 16.7 Å². The molecule has 8 heteroatoms. The van der Waals surface area contributed by atoms with Crippen molar-refractivity contribution in [3.8, 4) is 0 Å². The highest BCUT2D eigenvalue weighted by atomic mass is 32.2. The van der Waals surface area contributed by atoms with Crippen LogP contribution in [-0.4, -0.2) is 26.5 Å². The first-order valence-electron chi connectivity index (χ1n) is 5.93. The number of carbonyl (C=O) groups is 2. The van der Waals surface area contributed by atoms with E-state index in [-0.39, 0.29) is 10.5 Å². The van der Waals surface area contributed by atoms with Crippen LogP contribution in [0, 0.1) is 0 Å². The highest BCUT2D eigenvalue weighted by molar-refractivity contribution is 7.79. The molecular weight excluding hydrogens is 298 g/mol. The minimum atomic E-state index is -2.06. The summed E-state index contributed by atoms with van der Waals surface area (Å²) in [6, 6.07) is 5.95. The van der Waals surface area contributed by atoms with E-state index in [1.54, 1.807) is 0 Å². The molecule has 0 bridgehead atoms. The predicted molar refractivity (Wildman–Crippen MR) is 73.4 cm³/mol. The van der Waals surface area contributed by atoms with Gasteiger partial charge in [-0.2, -0.15) is 0 Å². The zero-order chi connectivity index (χ0) is 15.6. The molecule has 1 aromatic carbocycles. The van der Waals surface area contributed by atoms with Crippen LogP contribution in [-0.2, 0) is 30.1 Å². The summed E-state index contributed by atoms with van der Waals surface area (Å²) in [5.74, 6) is -2.84. The SMILES string of the molecule is CC1(C)OC(=O)C(=CNc2ccc(S(=O)O)cc2)C(=O)O1. The summed E-state index contributed by atoms with van der Waals surface area (Å²) in [6.45, 7) is 2.92. The molecule has 0 aromatic heterocycles. The maximum atomic E-state index is 11.7. The lowest BCUT2D eigenvalue weighted by molar-refractivity contribution is -0.222. The Balaban J connectivity index is 2.12. The number of esters is 2. The maximum absolute atomic E-state index is 11.7. The van der Waals surface area contributed by atoms with Gasteiger partial charge in [-0.25, -0.2) is 13.8 Å². The molecule has 7 nitrogen and oxygen atoms in total. The number of benzene rings is 1. The first kappa shape index (κ1) is 15.2. The molecule has 1 saturated heterocycles. The van der Waals surface area contributed by atoms with Gasteiger partial charge in [-0.05, 0) is 24.3 Å². The van der Waals surface area contributed by atoms with Crippen LogP contribution < -0.4 is 5.32 Å². The Morgan fingerprint density at radius 1 is 1.14 bits per heavy atom. The van der Waals surface area contributed by atoms with Gasteiger partial charge >= 0.3 is 11.9 Å². The van der Waals surface area contributed by atoms with Crippen molar-refractivity contribution in [1.82, 2.24) is 0 Å². The van der Waals surface area contributed by atoms with Gasteiger partial charge in [-0.3, -0.25) is 0 Å². The molecule has 1 aromatic rings. The second kappa shape index (κ2) is 5.66. The summed E-state index contributed by atoms with van der Waals surface area (Å²) in [5, 5.41) is 2.72.